The van der Waals surface area contributed by atoms with Crippen LogP contribution in [0.4, 0.5) is 0 Å². The van der Waals surface area contributed by atoms with Crippen LogP contribution in [-0.2, 0) is 9.53 Å². The second kappa shape index (κ2) is 15.3. The zero-order chi connectivity index (χ0) is 22.3. The first-order valence-electron chi connectivity index (χ1n) is 13.2. The van der Waals surface area contributed by atoms with E-state index in [1.54, 1.807) is 0 Å². The summed E-state index contributed by atoms with van der Waals surface area (Å²) >= 11 is 0. The van der Waals surface area contributed by atoms with Gasteiger partial charge in [-0.1, -0.05) is 91.4 Å². The van der Waals surface area contributed by atoms with Crippen molar-refractivity contribution < 1.29 is 9.53 Å². The smallest absolute Gasteiger partial charge is 0.311 e. The normalized spacial score (nSPS) is 16.0. The number of hydrogen-bond acceptors (Lipinski definition) is 3. The van der Waals surface area contributed by atoms with Gasteiger partial charge in [0.1, 0.15) is 6.10 Å². The summed E-state index contributed by atoms with van der Waals surface area (Å²) in [5.74, 6) is 0.00176. The molecule has 0 aromatic heterocycles. The fourth-order valence-corrected chi connectivity index (χ4v) is 4.55. The van der Waals surface area contributed by atoms with E-state index in [1.165, 1.54) is 77.0 Å². The van der Waals surface area contributed by atoms with Gasteiger partial charge >= 0.3 is 5.97 Å². The van der Waals surface area contributed by atoms with E-state index in [1.807, 2.05) is 0 Å². The highest BCUT2D eigenvalue weighted by Crippen LogP contribution is 2.34. The fourth-order valence-electron chi connectivity index (χ4n) is 4.55. The van der Waals surface area contributed by atoms with Crippen LogP contribution in [0.15, 0.2) is 0 Å². The molecule has 0 radical (unpaired) electrons. The van der Waals surface area contributed by atoms with Crippen molar-refractivity contribution in [2.45, 2.75) is 143 Å². The van der Waals surface area contributed by atoms with Crippen molar-refractivity contribution in [3.05, 3.63) is 0 Å². The fraction of sp³-hybridized carbons (Fsp3) is 0.963. The lowest BCUT2D eigenvalue weighted by molar-refractivity contribution is -0.161. The van der Waals surface area contributed by atoms with Gasteiger partial charge < -0.3 is 10.1 Å². The molecule has 178 valence electrons. The predicted octanol–water partition coefficient (Wildman–Crippen LogP) is 7.82. The number of carbonyl (C=O) groups excluding carboxylic acids is 1. The van der Waals surface area contributed by atoms with Crippen LogP contribution >= 0.6 is 0 Å². The maximum Gasteiger partial charge on any atom is 0.311 e. The summed E-state index contributed by atoms with van der Waals surface area (Å²) in [6.07, 6.45) is 20.6. The summed E-state index contributed by atoms with van der Waals surface area (Å²) in [5, 5.41) is 3.33. The number of rotatable bonds is 17. The highest BCUT2D eigenvalue weighted by Gasteiger charge is 2.32. The number of unbranched alkanes of at least 4 members (excludes halogenated alkanes) is 9. The van der Waals surface area contributed by atoms with E-state index in [0.717, 1.165) is 38.8 Å². The molecular formula is C27H53NO2. The van der Waals surface area contributed by atoms with Gasteiger partial charge in [0.15, 0.2) is 0 Å². The van der Waals surface area contributed by atoms with Crippen molar-refractivity contribution >= 4 is 5.97 Å². The van der Waals surface area contributed by atoms with Crippen molar-refractivity contribution in [2.24, 2.45) is 10.8 Å². The molecule has 0 saturated carbocycles. The van der Waals surface area contributed by atoms with Gasteiger partial charge in [-0.05, 0) is 64.5 Å². The molecule has 0 aromatic carbocycles. The Morgan fingerprint density at radius 1 is 0.767 bits per heavy atom. The van der Waals surface area contributed by atoms with E-state index in [9.17, 15) is 4.79 Å². The van der Waals surface area contributed by atoms with Crippen LogP contribution in [0.5, 0.6) is 0 Å². The van der Waals surface area contributed by atoms with E-state index in [0.29, 0.717) is 5.41 Å². The zero-order valence-corrected chi connectivity index (χ0v) is 21.1. The Balaban J connectivity index is 2.10. The molecule has 1 aliphatic heterocycles. The number of hydrogen-bond donors (Lipinski definition) is 1. The first-order valence-corrected chi connectivity index (χ1v) is 13.2. The Labute approximate surface area is 188 Å². The van der Waals surface area contributed by atoms with E-state index in [2.05, 4.69) is 39.9 Å². The van der Waals surface area contributed by atoms with Gasteiger partial charge in [0.25, 0.3) is 0 Å². The van der Waals surface area contributed by atoms with Gasteiger partial charge in [-0.2, -0.15) is 0 Å². The average molecular weight is 424 g/mol. The molecule has 3 nitrogen and oxygen atoms in total. The molecule has 30 heavy (non-hydrogen) atoms. The number of ether oxygens (including phenoxy) is 1. The molecule has 0 aromatic rings. The first kappa shape index (κ1) is 27.5. The van der Waals surface area contributed by atoms with Gasteiger partial charge in [-0.3, -0.25) is 4.79 Å². The summed E-state index contributed by atoms with van der Waals surface area (Å²) < 4.78 is 5.80. The van der Waals surface area contributed by atoms with Gasteiger partial charge in [0, 0.05) is 0 Å². The largest absolute Gasteiger partial charge is 0.462 e. The maximum absolute atomic E-state index is 12.6. The Bertz CT molecular complexity index is 438. The minimum atomic E-state index is -0.363. The summed E-state index contributed by atoms with van der Waals surface area (Å²) in [4.78, 5) is 12.6. The molecule has 0 atom stereocenters. The lowest BCUT2D eigenvalue weighted by atomic mass is 9.79. The standard InChI is InChI=1S/C27H53NO2/c1-6-7-8-9-10-11-12-13-14-15-19-26(2,3)20-16-21-27(4,5)25(29)30-24-17-22-28-23-18-24/h24,28H,6-23H2,1-5H3. The van der Waals surface area contributed by atoms with Gasteiger partial charge in [-0.15, -0.1) is 0 Å². The molecule has 3 heteroatoms. The lowest BCUT2D eigenvalue weighted by Crippen LogP contribution is -2.37. The Morgan fingerprint density at radius 3 is 1.83 bits per heavy atom. The molecule has 1 rings (SSSR count). The van der Waals surface area contributed by atoms with E-state index >= 15 is 0 Å². The third-order valence-corrected chi connectivity index (χ3v) is 6.97. The van der Waals surface area contributed by atoms with Crippen molar-refractivity contribution in [2.75, 3.05) is 13.1 Å². The molecule has 1 heterocycles. The number of piperidine rings is 1. The molecule has 0 bridgehead atoms. The quantitative estimate of drug-likeness (QED) is 0.191. The maximum atomic E-state index is 12.6. The molecule has 1 N–H and O–H groups in total. The lowest BCUT2D eigenvalue weighted by Gasteiger charge is -2.30. The molecule has 0 spiro atoms. The molecule has 0 unspecified atom stereocenters. The summed E-state index contributed by atoms with van der Waals surface area (Å²) in [6, 6.07) is 0. The molecule has 1 aliphatic rings. The third kappa shape index (κ3) is 13.0. The van der Waals surface area contributed by atoms with Crippen LogP contribution in [0.25, 0.3) is 0 Å². The highest BCUT2D eigenvalue weighted by molar-refractivity contribution is 5.76. The minimum Gasteiger partial charge on any atom is -0.462 e. The van der Waals surface area contributed by atoms with E-state index in [-0.39, 0.29) is 17.5 Å². The van der Waals surface area contributed by atoms with Crippen molar-refractivity contribution in [1.82, 2.24) is 5.32 Å². The predicted molar refractivity (Wildman–Crippen MR) is 130 cm³/mol. The first-order chi connectivity index (χ1) is 14.3. The Kier molecular flexibility index (Phi) is 14.0. The van der Waals surface area contributed by atoms with Crippen LogP contribution in [0.2, 0.25) is 0 Å². The van der Waals surface area contributed by atoms with Crippen molar-refractivity contribution in [1.29, 1.82) is 0 Å². The average Bonchev–Trinajstić information content (AvgIpc) is 2.70. The van der Waals surface area contributed by atoms with Crippen LogP contribution in [-0.4, -0.2) is 25.2 Å². The molecule has 1 saturated heterocycles. The van der Waals surface area contributed by atoms with Gasteiger partial charge in [0.05, 0.1) is 5.41 Å². The zero-order valence-electron chi connectivity index (χ0n) is 21.1. The number of esters is 1. The van der Waals surface area contributed by atoms with Gasteiger partial charge in [-0.25, -0.2) is 0 Å². The van der Waals surface area contributed by atoms with E-state index in [4.69, 9.17) is 4.74 Å². The second-order valence-corrected chi connectivity index (χ2v) is 11.2. The van der Waals surface area contributed by atoms with Crippen LogP contribution in [0.1, 0.15) is 137 Å². The van der Waals surface area contributed by atoms with Crippen LogP contribution in [0.3, 0.4) is 0 Å². The third-order valence-electron chi connectivity index (χ3n) is 6.97. The Hall–Kier alpha value is -0.570. The van der Waals surface area contributed by atoms with Gasteiger partial charge in [0.2, 0.25) is 0 Å². The molecule has 1 fully saturated rings. The second-order valence-electron chi connectivity index (χ2n) is 11.2. The van der Waals surface area contributed by atoms with Crippen LogP contribution in [0, 0.1) is 10.8 Å². The molecule has 0 aliphatic carbocycles. The molecule has 0 amide bonds. The summed E-state index contributed by atoms with van der Waals surface area (Å²) in [6.45, 7) is 13.1. The summed E-state index contributed by atoms with van der Waals surface area (Å²) in [5.41, 5.74) is 0.0211. The minimum absolute atomic E-state index is 0.00176. The molecular weight excluding hydrogens is 370 g/mol. The van der Waals surface area contributed by atoms with Crippen molar-refractivity contribution in [3.8, 4) is 0 Å². The van der Waals surface area contributed by atoms with E-state index < -0.39 is 0 Å². The topological polar surface area (TPSA) is 38.3 Å². The highest BCUT2D eigenvalue weighted by atomic mass is 16.5. The summed E-state index contributed by atoms with van der Waals surface area (Å²) in [7, 11) is 0. The Morgan fingerprint density at radius 2 is 1.27 bits per heavy atom. The van der Waals surface area contributed by atoms with Crippen LogP contribution < -0.4 is 5.32 Å². The SMILES string of the molecule is CCCCCCCCCCCCC(C)(C)CCCC(C)(C)C(=O)OC1CCNCC1. The monoisotopic (exact) mass is 423 g/mol. The van der Waals surface area contributed by atoms with Crippen molar-refractivity contribution in [3.63, 3.8) is 0 Å². The number of carbonyl (C=O) groups is 1. The number of nitrogens with one attached hydrogen (secondary N) is 1.